The van der Waals surface area contributed by atoms with E-state index in [1.165, 1.54) is 0 Å². The topological polar surface area (TPSA) is 66.3 Å². The normalized spacial score (nSPS) is 18.2. The SMILES string of the molecule is CCC(CO)NC(=O)c1cccn1C1CCNCC1. The Bertz CT molecular complexity index is 407. The van der Waals surface area contributed by atoms with Crippen molar-refractivity contribution in [2.45, 2.75) is 38.3 Å². The number of hydrogen-bond acceptors (Lipinski definition) is 3. The molecule has 19 heavy (non-hydrogen) atoms. The number of carbonyl (C=O) groups is 1. The quantitative estimate of drug-likeness (QED) is 0.741. The molecule has 1 saturated heterocycles. The molecule has 2 rings (SSSR count). The summed E-state index contributed by atoms with van der Waals surface area (Å²) in [5, 5.41) is 15.4. The zero-order valence-corrected chi connectivity index (χ0v) is 11.4. The van der Waals surface area contributed by atoms with Crippen molar-refractivity contribution in [2.75, 3.05) is 19.7 Å². The third-order valence-corrected chi connectivity index (χ3v) is 3.76. The van der Waals surface area contributed by atoms with E-state index >= 15 is 0 Å². The van der Waals surface area contributed by atoms with Crippen molar-refractivity contribution in [2.24, 2.45) is 0 Å². The summed E-state index contributed by atoms with van der Waals surface area (Å²) in [5.41, 5.74) is 0.693. The Morgan fingerprint density at radius 2 is 2.32 bits per heavy atom. The number of aliphatic hydroxyl groups is 1. The largest absolute Gasteiger partial charge is 0.394 e. The molecular weight excluding hydrogens is 242 g/mol. The molecule has 0 bridgehead atoms. The molecule has 0 aliphatic carbocycles. The number of aliphatic hydroxyl groups excluding tert-OH is 1. The van der Waals surface area contributed by atoms with Crippen molar-refractivity contribution >= 4 is 5.91 Å². The van der Waals surface area contributed by atoms with Gasteiger partial charge in [0.15, 0.2) is 0 Å². The first-order valence-corrected chi connectivity index (χ1v) is 7.05. The molecule has 5 heteroatoms. The van der Waals surface area contributed by atoms with Crippen LogP contribution >= 0.6 is 0 Å². The van der Waals surface area contributed by atoms with Gasteiger partial charge >= 0.3 is 0 Å². The van der Waals surface area contributed by atoms with Crippen LogP contribution in [-0.4, -0.2) is 41.3 Å². The van der Waals surface area contributed by atoms with Crippen LogP contribution in [0.2, 0.25) is 0 Å². The van der Waals surface area contributed by atoms with E-state index in [9.17, 15) is 4.79 Å². The molecular formula is C14H23N3O2. The summed E-state index contributed by atoms with van der Waals surface area (Å²) in [6.07, 6.45) is 4.80. The van der Waals surface area contributed by atoms with E-state index < -0.39 is 0 Å². The molecule has 1 aromatic heterocycles. The summed E-state index contributed by atoms with van der Waals surface area (Å²) in [7, 11) is 0. The predicted molar refractivity (Wildman–Crippen MR) is 74.2 cm³/mol. The van der Waals surface area contributed by atoms with Gasteiger partial charge in [-0.05, 0) is 44.5 Å². The van der Waals surface area contributed by atoms with Crippen molar-refractivity contribution in [3.63, 3.8) is 0 Å². The van der Waals surface area contributed by atoms with E-state index in [0.717, 1.165) is 32.4 Å². The summed E-state index contributed by atoms with van der Waals surface area (Å²) in [6.45, 7) is 3.93. The van der Waals surface area contributed by atoms with E-state index in [-0.39, 0.29) is 18.6 Å². The minimum atomic E-state index is -0.163. The van der Waals surface area contributed by atoms with Gasteiger partial charge in [-0.25, -0.2) is 0 Å². The lowest BCUT2D eigenvalue weighted by Gasteiger charge is -2.26. The summed E-state index contributed by atoms with van der Waals surface area (Å²) < 4.78 is 2.07. The van der Waals surface area contributed by atoms with Gasteiger partial charge in [-0.2, -0.15) is 0 Å². The van der Waals surface area contributed by atoms with Crippen LogP contribution in [0.4, 0.5) is 0 Å². The lowest BCUT2D eigenvalue weighted by Crippen LogP contribution is -2.38. The molecule has 0 aromatic carbocycles. The molecule has 0 saturated carbocycles. The molecule has 0 spiro atoms. The monoisotopic (exact) mass is 265 g/mol. The van der Waals surface area contributed by atoms with Gasteiger partial charge in [-0.1, -0.05) is 6.92 Å². The highest BCUT2D eigenvalue weighted by Gasteiger charge is 2.20. The van der Waals surface area contributed by atoms with Crippen LogP contribution in [0.5, 0.6) is 0 Å². The second-order valence-electron chi connectivity index (χ2n) is 5.04. The van der Waals surface area contributed by atoms with Crippen LogP contribution in [0.3, 0.4) is 0 Å². The average Bonchev–Trinajstić information content (AvgIpc) is 2.95. The highest BCUT2D eigenvalue weighted by atomic mass is 16.3. The van der Waals surface area contributed by atoms with Crippen LogP contribution in [0.25, 0.3) is 0 Å². The number of amides is 1. The molecule has 2 heterocycles. The van der Waals surface area contributed by atoms with Gasteiger partial charge in [-0.3, -0.25) is 4.79 Å². The van der Waals surface area contributed by atoms with Gasteiger partial charge in [0.2, 0.25) is 0 Å². The Morgan fingerprint density at radius 3 is 2.95 bits per heavy atom. The van der Waals surface area contributed by atoms with Crippen LogP contribution in [0.1, 0.15) is 42.7 Å². The molecule has 1 aliphatic heterocycles. The first-order chi connectivity index (χ1) is 9.26. The van der Waals surface area contributed by atoms with Crippen LogP contribution in [0.15, 0.2) is 18.3 Å². The first-order valence-electron chi connectivity index (χ1n) is 7.05. The standard InChI is InChI=1S/C14H23N3O2/c1-2-11(10-18)16-14(19)13-4-3-9-17(13)12-5-7-15-8-6-12/h3-4,9,11-12,15,18H,2,5-8,10H2,1H3,(H,16,19). The van der Waals surface area contributed by atoms with Gasteiger partial charge in [0.05, 0.1) is 12.6 Å². The number of rotatable bonds is 5. The molecule has 0 radical (unpaired) electrons. The summed E-state index contributed by atoms with van der Waals surface area (Å²) in [4.78, 5) is 12.2. The number of nitrogens with one attached hydrogen (secondary N) is 2. The Kier molecular flexibility index (Phi) is 4.99. The highest BCUT2D eigenvalue weighted by Crippen LogP contribution is 2.21. The zero-order chi connectivity index (χ0) is 13.7. The second kappa shape index (κ2) is 6.73. The fraction of sp³-hybridized carbons (Fsp3) is 0.643. The lowest BCUT2D eigenvalue weighted by atomic mass is 10.1. The summed E-state index contributed by atoms with van der Waals surface area (Å²) in [6, 6.07) is 3.99. The van der Waals surface area contributed by atoms with Crippen molar-refractivity contribution in [1.82, 2.24) is 15.2 Å². The Labute approximate surface area is 114 Å². The maximum Gasteiger partial charge on any atom is 0.268 e. The predicted octanol–water partition coefficient (Wildman–Crippen LogP) is 0.913. The highest BCUT2D eigenvalue weighted by molar-refractivity contribution is 5.93. The Hall–Kier alpha value is -1.33. The number of carbonyl (C=O) groups excluding carboxylic acids is 1. The molecule has 5 nitrogen and oxygen atoms in total. The molecule has 3 N–H and O–H groups in total. The minimum Gasteiger partial charge on any atom is -0.394 e. The third kappa shape index (κ3) is 3.36. The average molecular weight is 265 g/mol. The fourth-order valence-corrected chi connectivity index (χ4v) is 2.53. The van der Waals surface area contributed by atoms with Gasteiger partial charge in [0, 0.05) is 12.2 Å². The zero-order valence-electron chi connectivity index (χ0n) is 11.4. The maximum absolute atomic E-state index is 12.2. The molecule has 1 aromatic rings. The fourth-order valence-electron chi connectivity index (χ4n) is 2.53. The molecule has 1 aliphatic rings. The minimum absolute atomic E-state index is 0.0176. The van der Waals surface area contributed by atoms with E-state index in [2.05, 4.69) is 15.2 Å². The molecule has 1 unspecified atom stereocenters. The Morgan fingerprint density at radius 1 is 1.58 bits per heavy atom. The maximum atomic E-state index is 12.2. The van der Waals surface area contributed by atoms with Crippen LogP contribution in [-0.2, 0) is 0 Å². The van der Waals surface area contributed by atoms with Crippen molar-refractivity contribution in [3.05, 3.63) is 24.0 Å². The smallest absolute Gasteiger partial charge is 0.268 e. The van der Waals surface area contributed by atoms with E-state index in [1.807, 2.05) is 25.3 Å². The molecule has 1 amide bonds. The summed E-state index contributed by atoms with van der Waals surface area (Å²) >= 11 is 0. The van der Waals surface area contributed by atoms with E-state index in [0.29, 0.717) is 11.7 Å². The molecule has 1 atom stereocenters. The van der Waals surface area contributed by atoms with Crippen LogP contribution in [0, 0.1) is 0 Å². The van der Waals surface area contributed by atoms with Crippen molar-refractivity contribution in [1.29, 1.82) is 0 Å². The third-order valence-electron chi connectivity index (χ3n) is 3.76. The van der Waals surface area contributed by atoms with Gasteiger partial charge < -0.3 is 20.3 Å². The van der Waals surface area contributed by atoms with Crippen molar-refractivity contribution < 1.29 is 9.90 Å². The Balaban J connectivity index is 2.07. The second-order valence-corrected chi connectivity index (χ2v) is 5.04. The number of aromatic nitrogens is 1. The van der Waals surface area contributed by atoms with E-state index in [1.54, 1.807) is 0 Å². The lowest BCUT2D eigenvalue weighted by molar-refractivity contribution is 0.0902. The van der Waals surface area contributed by atoms with Gasteiger partial charge in [0.1, 0.15) is 5.69 Å². The molecule has 1 fully saturated rings. The van der Waals surface area contributed by atoms with Gasteiger partial charge in [-0.15, -0.1) is 0 Å². The summed E-state index contributed by atoms with van der Waals surface area (Å²) in [5.74, 6) is -0.0931. The molecule has 106 valence electrons. The van der Waals surface area contributed by atoms with E-state index in [4.69, 9.17) is 5.11 Å². The number of hydrogen-bond donors (Lipinski definition) is 3. The van der Waals surface area contributed by atoms with Gasteiger partial charge in [0.25, 0.3) is 5.91 Å². The number of piperidine rings is 1. The first kappa shape index (κ1) is 14.1. The number of nitrogens with zero attached hydrogens (tertiary/aromatic N) is 1. The van der Waals surface area contributed by atoms with Crippen LogP contribution < -0.4 is 10.6 Å². The van der Waals surface area contributed by atoms with Crippen molar-refractivity contribution in [3.8, 4) is 0 Å².